The summed E-state index contributed by atoms with van der Waals surface area (Å²) in [7, 11) is 0. The minimum Gasteiger partial charge on any atom is -0.388 e. The molecular weight excluding hydrogens is 513 g/mol. The van der Waals surface area contributed by atoms with Crippen LogP contribution in [0.5, 0.6) is 0 Å². The number of nitrogens with zero attached hydrogens (tertiary/aromatic N) is 6. The van der Waals surface area contributed by atoms with Gasteiger partial charge >= 0.3 is 6.18 Å². The van der Waals surface area contributed by atoms with E-state index in [0.29, 0.717) is 16.4 Å². The number of oxime groups is 1. The second-order valence-corrected chi connectivity index (χ2v) is 9.11. The number of pyridine rings is 1. The molecule has 0 aliphatic rings. The number of carbonyl (C=O) groups excluding carboxylic acids is 1. The maximum Gasteiger partial charge on any atom is 0.389 e. The smallest absolute Gasteiger partial charge is 0.388 e. The van der Waals surface area contributed by atoms with E-state index in [2.05, 4.69) is 20.2 Å². The van der Waals surface area contributed by atoms with Crippen molar-refractivity contribution in [1.82, 2.24) is 19.7 Å². The molecular formula is C20H20ClF3N6O2S2. The second kappa shape index (κ2) is 12.2. The summed E-state index contributed by atoms with van der Waals surface area (Å²) in [5, 5.41) is 10.6. The lowest BCUT2D eigenvalue weighted by Crippen LogP contribution is -2.38. The van der Waals surface area contributed by atoms with E-state index < -0.39 is 18.5 Å². The Labute approximate surface area is 206 Å². The fraction of sp³-hybridized carbons (Fsp3) is 0.350. The first-order valence-electron chi connectivity index (χ1n) is 9.97. The molecule has 8 nitrogen and oxygen atoms in total. The first-order valence-corrected chi connectivity index (χ1v) is 12.4. The van der Waals surface area contributed by atoms with Crippen molar-refractivity contribution in [3.63, 3.8) is 0 Å². The number of anilines is 1. The number of halogens is 4. The van der Waals surface area contributed by atoms with Crippen LogP contribution in [0.4, 0.5) is 18.9 Å². The minimum absolute atomic E-state index is 0.0352. The summed E-state index contributed by atoms with van der Waals surface area (Å²) in [4.78, 5) is 28.0. The number of rotatable bonds is 11. The predicted molar refractivity (Wildman–Crippen MR) is 127 cm³/mol. The highest BCUT2D eigenvalue weighted by Crippen LogP contribution is 2.27. The first-order chi connectivity index (χ1) is 16.3. The van der Waals surface area contributed by atoms with Crippen LogP contribution in [-0.4, -0.2) is 55.6 Å². The van der Waals surface area contributed by atoms with Crippen molar-refractivity contribution in [1.29, 1.82) is 0 Å². The fourth-order valence-corrected chi connectivity index (χ4v) is 4.34. The van der Waals surface area contributed by atoms with E-state index >= 15 is 0 Å². The number of thiazole rings is 1. The van der Waals surface area contributed by atoms with E-state index in [9.17, 15) is 18.0 Å². The molecule has 0 aromatic carbocycles. The van der Waals surface area contributed by atoms with Gasteiger partial charge in [0.1, 0.15) is 10.7 Å². The zero-order chi connectivity index (χ0) is 24.6. The molecule has 0 radical (unpaired) electrons. The van der Waals surface area contributed by atoms with Gasteiger partial charge in [-0.15, -0.1) is 11.3 Å². The van der Waals surface area contributed by atoms with Crippen molar-refractivity contribution in [3.8, 4) is 5.69 Å². The summed E-state index contributed by atoms with van der Waals surface area (Å²) in [6.45, 7) is 1.99. The van der Waals surface area contributed by atoms with E-state index in [1.54, 1.807) is 49.2 Å². The molecule has 0 atom stereocenters. The van der Waals surface area contributed by atoms with Gasteiger partial charge in [-0.2, -0.15) is 30.0 Å². The number of alkyl halides is 3. The van der Waals surface area contributed by atoms with Crippen LogP contribution in [0, 0.1) is 0 Å². The molecule has 3 rings (SSSR count). The number of thioether (sulfide) groups is 1. The van der Waals surface area contributed by atoms with Crippen LogP contribution in [0.1, 0.15) is 18.4 Å². The Hall–Kier alpha value is -2.64. The number of carbonyl (C=O) groups is 1. The summed E-state index contributed by atoms with van der Waals surface area (Å²) in [6.07, 6.45) is 1.13. The summed E-state index contributed by atoms with van der Waals surface area (Å²) >= 11 is 8.60. The van der Waals surface area contributed by atoms with Crippen LogP contribution in [0.2, 0.25) is 5.15 Å². The van der Waals surface area contributed by atoms with Gasteiger partial charge in [-0.05, 0) is 19.1 Å². The lowest BCUT2D eigenvalue weighted by molar-refractivity contribution is -0.129. The highest BCUT2D eigenvalue weighted by atomic mass is 35.5. The van der Waals surface area contributed by atoms with E-state index in [1.165, 1.54) is 20.9 Å². The van der Waals surface area contributed by atoms with Crippen molar-refractivity contribution in [2.24, 2.45) is 5.16 Å². The molecule has 0 fully saturated rings. The number of amides is 1. The van der Waals surface area contributed by atoms with Crippen molar-refractivity contribution < 1.29 is 22.8 Å². The average molecular weight is 533 g/mol. The van der Waals surface area contributed by atoms with E-state index in [1.807, 2.05) is 0 Å². The Morgan fingerprint density at radius 1 is 1.38 bits per heavy atom. The van der Waals surface area contributed by atoms with Gasteiger partial charge in [0.15, 0.2) is 17.5 Å². The molecule has 0 N–H and O–H groups in total. The zero-order valence-electron chi connectivity index (χ0n) is 17.9. The third-order valence-electron chi connectivity index (χ3n) is 4.28. The van der Waals surface area contributed by atoms with Crippen LogP contribution < -0.4 is 4.90 Å². The fourth-order valence-electron chi connectivity index (χ4n) is 2.70. The third-order valence-corrected chi connectivity index (χ3v) is 6.27. The van der Waals surface area contributed by atoms with Crippen molar-refractivity contribution in [2.45, 2.75) is 26.1 Å². The zero-order valence-corrected chi connectivity index (χ0v) is 20.3. The topological polar surface area (TPSA) is 85.5 Å². The molecule has 3 aromatic rings. The van der Waals surface area contributed by atoms with Gasteiger partial charge in [0.05, 0.1) is 24.5 Å². The quantitative estimate of drug-likeness (QED) is 0.196. The molecule has 3 aromatic heterocycles. The van der Waals surface area contributed by atoms with Gasteiger partial charge in [-0.3, -0.25) is 9.78 Å². The lowest BCUT2D eigenvalue weighted by Gasteiger charge is -2.20. The Morgan fingerprint density at radius 2 is 2.21 bits per heavy atom. The van der Waals surface area contributed by atoms with Crippen LogP contribution in [0.25, 0.3) is 5.69 Å². The first kappa shape index (κ1) is 26.0. The van der Waals surface area contributed by atoms with E-state index in [-0.39, 0.29) is 35.5 Å². The number of hydrogen-bond acceptors (Lipinski definition) is 8. The molecule has 3 heterocycles. The maximum absolute atomic E-state index is 13.3. The Morgan fingerprint density at radius 3 is 2.85 bits per heavy atom. The Kier molecular flexibility index (Phi) is 9.30. The van der Waals surface area contributed by atoms with Gasteiger partial charge in [-0.1, -0.05) is 16.8 Å². The normalized spacial score (nSPS) is 12.1. The molecule has 0 aliphatic carbocycles. The summed E-state index contributed by atoms with van der Waals surface area (Å²) < 4.78 is 39.0. The number of aromatic nitrogens is 4. The van der Waals surface area contributed by atoms with Gasteiger partial charge < -0.3 is 9.74 Å². The molecule has 0 bridgehead atoms. The Balaban J connectivity index is 1.78. The van der Waals surface area contributed by atoms with Crippen molar-refractivity contribution in [2.75, 3.05) is 23.0 Å². The van der Waals surface area contributed by atoms with E-state index in [4.69, 9.17) is 16.4 Å². The van der Waals surface area contributed by atoms with Crippen LogP contribution >= 0.6 is 34.7 Å². The molecule has 0 saturated carbocycles. The largest absolute Gasteiger partial charge is 0.389 e. The second-order valence-electron chi connectivity index (χ2n) is 6.67. The summed E-state index contributed by atoms with van der Waals surface area (Å²) in [5.41, 5.74) is 0.921. The van der Waals surface area contributed by atoms with Gasteiger partial charge in [-0.25, -0.2) is 9.67 Å². The highest BCUT2D eigenvalue weighted by molar-refractivity contribution is 8.00. The molecule has 0 saturated heterocycles. The van der Waals surface area contributed by atoms with Crippen molar-refractivity contribution in [3.05, 3.63) is 52.5 Å². The monoisotopic (exact) mass is 532 g/mol. The van der Waals surface area contributed by atoms with Gasteiger partial charge in [0, 0.05) is 35.8 Å². The standard InChI is InChI=1S/C20H20ClF3N6O2S2/c1-2-29(16-11-30(27-18(16)21)14-4-3-6-25-10-14)19(31)15(13-33-8-5-20(22,23)24)28-32-12-17-26-7-9-34-17/h3-4,6-7,9-11H,2,5,8,12-13H2,1H3. The van der Waals surface area contributed by atoms with Crippen LogP contribution in [0.15, 0.2) is 47.5 Å². The molecule has 34 heavy (non-hydrogen) atoms. The third kappa shape index (κ3) is 7.43. The molecule has 182 valence electrons. The summed E-state index contributed by atoms with van der Waals surface area (Å²) in [6, 6.07) is 3.50. The maximum atomic E-state index is 13.3. The molecule has 0 aliphatic heterocycles. The lowest BCUT2D eigenvalue weighted by atomic mass is 10.3. The van der Waals surface area contributed by atoms with Gasteiger partial charge in [0.2, 0.25) is 0 Å². The van der Waals surface area contributed by atoms with Crippen LogP contribution in [0.3, 0.4) is 0 Å². The molecule has 0 unspecified atom stereocenters. The van der Waals surface area contributed by atoms with Crippen molar-refractivity contribution >= 4 is 52.0 Å². The minimum atomic E-state index is -4.28. The SMILES string of the molecule is CCN(C(=O)C(CSCCC(F)(F)F)=NOCc1nccs1)c1cn(-c2cccnc2)nc1Cl. The molecule has 14 heteroatoms. The van der Waals surface area contributed by atoms with Gasteiger partial charge in [0.25, 0.3) is 5.91 Å². The predicted octanol–water partition coefficient (Wildman–Crippen LogP) is 4.99. The highest BCUT2D eigenvalue weighted by Gasteiger charge is 2.28. The molecule has 1 amide bonds. The summed E-state index contributed by atoms with van der Waals surface area (Å²) in [5.74, 6) is -0.833. The average Bonchev–Trinajstić information content (AvgIpc) is 3.46. The van der Waals surface area contributed by atoms with Crippen LogP contribution in [-0.2, 0) is 16.2 Å². The Bertz CT molecular complexity index is 1090. The van der Waals surface area contributed by atoms with E-state index in [0.717, 1.165) is 11.8 Å². The number of hydrogen-bond donors (Lipinski definition) is 0. The molecule has 0 spiro atoms.